The molecule has 1 rings (SSSR count). The molecule has 0 fully saturated rings. The smallest absolute Gasteiger partial charge is 0.119 e. The quantitative estimate of drug-likeness (QED) is 0.571. The molecule has 0 bridgehead atoms. The maximum Gasteiger partial charge on any atom is 0.119 e. The van der Waals surface area contributed by atoms with Crippen molar-refractivity contribution in [1.82, 2.24) is 5.32 Å². The standard InChI is InChI=1S/C18H31NO2/c1-3-13-19-18(4-2)16-9-11-17(12-10-16)21-15-8-6-5-7-14-20/h9-12,18-20H,3-8,13-15H2,1-2H3. The molecule has 3 heteroatoms. The largest absolute Gasteiger partial charge is 0.494 e. The van der Waals surface area contributed by atoms with Gasteiger partial charge in [0.15, 0.2) is 0 Å². The van der Waals surface area contributed by atoms with E-state index in [1.807, 2.05) is 0 Å². The zero-order valence-electron chi connectivity index (χ0n) is 13.6. The number of unbranched alkanes of at least 4 members (excludes halogenated alkanes) is 3. The minimum atomic E-state index is 0.299. The highest BCUT2D eigenvalue weighted by Gasteiger charge is 2.07. The number of aliphatic hydroxyl groups is 1. The van der Waals surface area contributed by atoms with E-state index >= 15 is 0 Å². The van der Waals surface area contributed by atoms with Crippen molar-refractivity contribution in [3.05, 3.63) is 29.8 Å². The van der Waals surface area contributed by atoms with Gasteiger partial charge in [-0.25, -0.2) is 0 Å². The van der Waals surface area contributed by atoms with Crippen molar-refractivity contribution in [2.24, 2.45) is 0 Å². The Labute approximate surface area is 129 Å². The molecule has 0 aliphatic rings. The highest BCUT2D eigenvalue weighted by molar-refractivity contribution is 5.29. The van der Waals surface area contributed by atoms with Crippen molar-refractivity contribution in [3.8, 4) is 5.75 Å². The third-order valence-electron chi connectivity index (χ3n) is 3.65. The second-order valence-corrected chi connectivity index (χ2v) is 5.47. The predicted octanol–water partition coefficient (Wildman–Crippen LogP) is 4.07. The fraction of sp³-hybridized carbons (Fsp3) is 0.667. The summed E-state index contributed by atoms with van der Waals surface area (Å²) in [5.41, 5.74) is 1.33. The Bertz CT molecular complexity index is 351. The van der Waals surface area contributed by atoms with Crippen molar-refractivity contribution in [3.63, 3.8) is 0 Å². The monoisotopic (exact) mass is 293 g/mol. The first-order chi connectivity index (χ1) is 10.3. The van der Waals surface area contributed by atoms with Crippen LogP contribution < -0.4 is 10.1 Å². The molecule has 1 atom stereocenters. The van der Waals surface area contributed by atoms with Gasteiger partial charge >= 0.3 is 0 Å². The first-order valence-corrected chi connectivity index (χ1v) is 8.38. The van der Waals surface area contributed by atoms with Gasteiger partial charge in [0.1, 0.15) is 5.75 Å². The molecule has 0 amide bonds. The molecule has 2 N–H and O–H groups in total. The maximum absolute atomic E-state index is 8.71. The summed E-state index contributed by atoms with van der Waals surface area (Å²) in [6.45, 7) is 6.52. The maximum atomic E-state index is 8.71. The number of benzene rings is 1. The summed E-state index contributed by atoms with van der Waals surface area (Å²) < 4.78 is 5.75. The highest BCUT2D eigenvalue weighted by atomic mass is 16.5. The number of hydrogen-bond acceptors (Lipinski definition) is 3. The topological polar surface area (TPSA) is 41.5 Å². The summed E-state index contributed by atoms with van der Waals surface area (Å²) in [5.74, 6) is 0.950. The van der Waals surface area contributed by atoms with Crippen molar-refractivity contribution in [2.75, 3.05) is 19.8 Å². The summed E-state index contributed by atoms with van der Waals surface area (Å²) in [7, 11) is 0. The minimum Gasteiger partial charge on any atom is -0.494 e. The normalized spacial score (nSPS) is 12.3. The third-order valence-corrected chi connectivity index (χ3v) is 3.65. The molecule has 1 aromatic rings. The summed E-state index contributed by atoms with van der Waals surface area (Å²) in [6, 6.07) is 8.91. The molecule has 1 aromatic carbocycles. The Morgan fingerprint density at radius 1 is 1.05 bits per heavy atom. The Morgan fingerprint density at radius 3 is 2.38 bits per heavy atom. The molecule has 1 unspecified atom stereocenters. The molecule has 0 saturated heterocycles. The van der Waals surface area contributed by atoms with Crippen molar-refractivity contribution in [1.29, 1.82) is 0 Å². The van der Waals surface area contributed by atoms with E-state index in [9.17, 15) is 0 Å². The number of ether oxygens (including phenoxy) is 1. The first kappa shape index (κ1) is 18.0. The van der Waals surface area contributed by atoms with Crippen LogP contribution in [0.15, 0.2) is 24.3 Å². The Balaban J connectivity index is 2.32. The zero-order chi connectivity index (χ0) is 15.3. The van der Waals surface area contributed by atoms with E-state index in [4.69, 9.17) is 9.84 Å². The lowest BCUT2D eigenvalue weighted by atomic mass is 10.0. The lowest BCUT2D eigenvalue weighted by Crippen LogP contribution is -2.21. The number of rotatable bonds is 12. The molecule has 0 aliphatic carbocycles. The molecule has 0 aromatic heterocycles. The van der Waals surface area contributed by atoms with Gasteiger partial charge in [0.2, 0.25) is 0 Å². The van der Waals surface area contributed by atoms with E-state index in [0.717, 1.165) is 57.4 Å². The van der Waals surface area contributed by atoms with Gasteiger partial charge in [-0.05, 0) is 56.3 Å². The van der Waals surface area contributed by atoms with Crippen LogP contribution in [-0.4, -0.2) is 24.9 Å². The molecule has 0 aliphatic heterocycles. The van der Waals surface area contributed by atoms with E-state index < -0.39 is 0 Å². The van der Waals surface area contributed by atoms with Crippen molar-refractivity contribution in [2.45, 2.75) is 58.4 Å². The lowest BCUT2D eigenvalue weighted by molar-refractivity contribution is 0.273. The first-order valence-electron chi connectivity index (χ1n) is 8.38. The zero-order valence-corrected chi connectivity index (χ0v) is 13.6. The van der Waals surface area contributed by atoms with Crippen LogP contribution in [0.5, 0.6) is 5.75 Å². The van der Waals surface area contributed by atoms with Crippen LogP contribution in [0.1, 0.15) is 64.0 Å². The van der Waals surface area contributed by atoms with Gasteiger partial charge in [0.25, 0.3) is 0 Å². The molecular weight excluding hydrogens is 262 g/mol. The molecule has 120 valence electrons. The van der Waals surface area contributed by atoms with Crippen LogP contribution in [0.4, 0.5) is 0 Å². The molecular formula is C18H31NO2. The molecule has 0 saturated carbocycles. The van der Waals surface area contributed by atoms with E-state index in [1.54, 1.807) is 0 Å². The van der Waals surface area contributed by atoms with Crippen LogP contribution in [-0.2, 0) is 0 Å². The van der Waals surface area contributed by atoms with Crippen molar-refractivity contribution < 1.29 is 9.84 Å². The summed E-state index contributed by atoms with van der Waals surface area (Å²) >= 11 is 0. The van der Waals surface area contributed by atoms with Gasteiger partial charge in [-0.1, -0.05) is 32.4 Å². The summed E-state index contributed by atoms with van der Waals surface area (Å²) in [4.78, 5) is 0. The third kappa shape index (κ3) is 7.49. The van der Waals surface area contributed by atoms with Crippen LogP contribution in [0.25, 0.3) is 0 Å². The second-order valence-electron chi connectivity index (χ2n) is 5.47. The van der Waals surface area contributed by atoms with Crippen molar-refractivity contribution >= 4 is 0 Å². The molecule has 21 heavy (non-hydrogen) atoms. The van der Waals surface area contributed by atoms with E-state index in [0.29, 0.717) is 12.6 Å². The summed E-state index contributed by atoms with van der Waals surface area (Å²) in [5, 5.41) is 12.3. The molecule has 0 heterocycles. The summed E-state index contributed by atoms with van der Waals surface area (Å²) in [6.07, 6.45) is 6.42. The molecule has 0 spiro atoms. The molecule has 3 nitrogen and oxygen atoms in total. The molecule has 0 radical (unpaired) electrons. The predicted molar refractivity (Wildman–Crippen MR) is 88.8 cm³/mol. The van der Waals surface area contributed by atoms with Crippen LogP contribution in [0.2, 0.25) is 0 Å². The number of hydrogen-bond donors (Lipinski definition) is 2. The van der Waals surface area contributed by atoms with Crippen LogP contribution in [0, 0.1) is 0 Å². The van der Waals surface area contributed by atoms with Crippen LogP contribution >= 0.6 is 0 Å². The van der Waals surface area contributed by atoms with Gasteiger partial charge in [-0.15, -0.1) is 0 Å². The number of nitrogens with one attached hydrogen (secondary N) is 1. The average molecular weight is 293 g/mol. The Kier molecular flexibility index (Phi) is 9.92. The van der Waals surface area contributed by atoms with Crippen LogP contribution in [0.3, 0.4) is 0 Å². The lowest BCUT2D eigenvalue weighted by Gasteiger charge is -2.17. The van der Waals surface area contributed by atoms with Gasteiger partial charge in [0, 0.05) is 12.6 Å². The highest BCUT2D eigenvalue weighted by Crippen LogP contribution is 2.20. The Morgan fingerprint density at radius 2 is 1.76 bits per heavy atom. The second kappa shape index (κ2) is 11.6. The van der Waals surface area contributed by atoms with E-state index in [-0.39, 0.29) is 0 Å². The van der Waals surface area contributed by atoms with E-state index in [2.05, 4.69) is 43.4 Å². The van der Waals surface area contributed by atoms with Gasteiger partial charge in [-0.2, -0.15) is 0 Å². The van der Waals surface area contributed by atoms with Gasteiger partial charge < -0.3 is 15.2 Å². The number of aliphatic hydroxyl groups excluding tert-OH is 1. The fourth-order valence-electron chi connectivity index (χ4n) is 2.37. The van der Waals surface area contributed by atoms with Gasteiger partial charge in [0.05, 0.1) is 6.61 Å². The minimum absolute atomic E-state index is 0.299. The van der Waals surface area contributed by atoms with Gasteiger partial charge in [-0.3, -0.25) is 0 Å². The SMILES string of the molecule is CCCNC(CC)c1ccc(OCCCCCCO)cc1. The average Bonchev–Trinajstić information content (AvgIpc) is 2.53. The fourth-order valence-corrected chi connectivity index (χ4v) is 2.37. The Hall–Kier alpha value is -1.06. The van der Waals surface area contributed by atoms with E-state index in [1.165, 1.54) is 5.56 Å².